The normalized spacial score (nSPS) is 10.0. The molecule has 0 aromatic heterocycles. The van der Waals surface area contributed by atoms with Crippen LogP contribution in [0.1, 0.15) is 22.8 Å². The summed E-state index contributed by atoms with van der Waals surface area (Å²) in [5.41, 5.74) is 1.89. The monoisotopic (exact) mass is 359 g/mol. The number of hydrogen-bond donors (Lipinski definition) is 3. The number of anilines is 1. The zero-order chi connectivity index (χ0) is 18.2. The first-order valence-electron chi connectivity index (χ1n) is 7.61. The Balaban J connectivity index is 1.81. The lowest BCUT2D eigenvalue weighted by molar-refractivity contribution is -0.120. The molecule has 0 aliphatic rings. The summed E-state index contributed by atoms with van der Waals surface area (Å²) in [5, 5.41) is 8.37. The highest BCUT2D eigenvalue weighted by molar-refractivity contribution is 6.30. The summed E-state index contributed by atoms with van der Waals surface area (Å²) < 4.78 is 0. The zero-order valence-electron chi connectivity index (χ0n) is 13.6. The second kappa shape index (κ2) is 8.84. The molecular weight excluding hydrogens is 342 g/mol. The standard InChI is InChI=1S/C18H18ClN3O3/c1-12(23)22-16-7-2-4-13(8-16)10-20-17(24)11-21-18(25)14-5-3-6-15(19)9-14/h2-9H,10-11H2,1H3,(H,20,24)(H,21,25)(H,22,23). The van der Waals surface area contributed by atoms with E-state index < -0.39 is 0 Å². The van der Waals surface area contributed by atoms with E-state index in [0.29, 0.717) is 22.8 Å². The van der Waals surface area contributed by atoms with E-state index in [-0.39, 0.29) is 24.3 Å². The minimum atomic E-state index is -0.370. The average molecular weight is 360 g/mol. The van der Waals surface area contributed by atoms with Crippen molar-refractivity contribution in [1.29, 1.82) is 0 Å². The second-order valence-electron chi connectivity index (χ2n) is 5.35. The van der Waals surface area contributed by atoms with E-state index in [0.717, 1.165) is 5.56 Å². The Labute approximate surface area is 150 Å². The summed E-state index contributed by atoms with van der Waals surface area (Å²) >= 11 is 5.83. The number of halogens is 1. The smallest absolute Gasteiger partial charge is 0.251 e. The van der Waals surface area contributed by atoms with Crippen molar-refractivity contribution in [2.45, 2.75) is 13.5 Å². The summed E-state index contributed by atoms with van der Waals surface area (Å²) in [6.45, 7) is 1.58. The second-order valence-corrected chi connectivity index (χ2v) is 5.79. The highest BCUT2D eigenvalue weighted by Gasteiger charge is 2.08. The Morgan fingerprint density at radius 3 is 2.48 bits per heavy atom. The van der Waals surface area contributed by atoms with Crippen molar-refractivity contribution in [2.24, 2.45) is 0 Å². The Bertz CT molecular complexity index is 793. The van der Waals surface area contributed by atoms with E-state index in [1.54, 1.807) is 36.4 Å². The quantitative estimate of drug-likeness (QED) is 0.739. The lowest BCUT2D eigenvalue weighted by atomic mass is 10.2. The number of carbonyl (C=O) groups excluding carboxylic acids is 3. The maximum absolute atomic E-state index is 11.9. The molecule has 25 heavy (non-hydrogen) atoms. The summed E-state index contributed by atoms with van der Waals surface area (Å²) in [7, 11) is 0. The van der Waals surface area contributed by atoms with E-state index in [9.17, 15) is 14.4 Å². The van der Waals surface area contributed by atoms with Crippen LogP contribution in [0.3, 0.4) is 0 Å². The number of nitrogens with one attached hydrogen (secondary N) is 3. The Kier molecular flexibility index (Phi) is 6.54. The van der Waals surface area contributed by atoms with Crippen LogP contribution in [-0.2, 0) is 16.1 Å². The third-order valence-electron chi connectivity index (χ3n) is 3.23. The lowest BCUT2D eigenvalue weighted by Crippen LogP contribution is -2.36. The number of hydrogen-bond acceptors (Lipinski definition) is 3. The number of benzene rings is 2. The van der Waals surface area contributed by atoms with Crippen LogP contribution in [-0.4, -0.2) is 24.3 Å². The van der Waals surface area contributed by atoms with Gasteiger partial charge in [-0.2, -0.15) is 0 Å². The molecular formula is C18H18ClN3O3. The van der Waals surface area contributed by atoms with Crippen molar-refractivity contribution in [3.05, 3.63) is 64.7 Å². The fourth-order valence-corrected chi connectivity index (χ4v) is 2.31. The Morgan fingerprint density at radius 2 is 1.76 bits per heavy atom. The van der Waals surface area contributed by atoms with Crippen molar-refractivity contribution in [2.75, 3.05) is 11.9 Å². The molecule has 0 unspecified atom stereocenters. The molecule has 2 aromatic rings. The first kappa shape index (κ1) is 18.5. The fourth-order valence-electron chi connectivity index (χ4n) is 2.12. The van der Waals surface area contributed by atoms with Gasteiger partial charge in [-0.3, -0.25) is 14.4 Å². The SMILES string of the molecule is CC(=O)Nc1cccc(CNC(=O)CNC(=O)c2cccc(Cl)c2)c1. The van der Waals surface area contributed by atoms with Crippen LogP contribution in [0.25, 0.3) is 0 Å². The maximum atomic E-state index is 11.9. The van der Waals surface area contributed by atoms with Gasteiger partial charge in [0.05, 0.1) is 6.54 Å². The molecule has 0 aliphatic heterocycles. The van der Waals surface area contributed by atoms with Gasteiger partial charge in [0.1, 0.15) is 0 Å². The van der Waals surface area contributed by atoms with Gasteiger partial charge in [-0.05, 0) is 35.9 Å². The molecule has 0 atom stereocenters. The molecule has 2 rings (SSSR count). The van der Waals surface area contributed by atoms with Crippen LogP contribution in [0.4, 0.5) is 5.69 Å². The largest absolute Gasteiger partial charge is 0.350 e. The predicted octanol–water partition coefficient (Wildman–Crippen LogP) is 2.34. The number of rotatable bonds is 6. The molecule has 7 heteroatoms. The maximum Gasteiger partial charge on any atom is 0.251 e. The van der Waals surface area contributed by atoms with Gasteiger partial charge in [0, 0.05) is 29.7 Å². The molecule has 0 bridgehead atoms. The first-order valence-corrected chi connectivity index (χ1v) is 7.99. The average Bonchev–Trinajstić information content (AvgIpc) is 2.57. The fraction of sp³-hybridized carbons (Fsp3) is 0.167. The van der Waals surface area contributed by atoms with Gasteiger partial charge >= 0.3 is 0 Å². The van der Waals surface area contributed by atoms with Gasteiger partial charge in [-0.1, -0.05) is 29.8 Å². The Morgan fingerprint density at radius 1 is 1.00 bits per heavy atom. The van der Waals surface area contributed by atoms with Crippen molar-refractivity contribution < 1.29 is 14.4 Å². The summed E-state index contributed by atoms with van der Waals surface area (Å²) in [6.07, 6.45) is 0. The van der Waals surface area contributed by atoms with Gasteiger partial charge in [-0.25, -0.2) is 0 Å². The lowest BCUT2D eigenvalue weighted by Gasteiger charge is -2.09. The van der Waals surface area contributed by atoms with Crippen LogP contribution in [0, 0.1) is 0 Å². The van der Waals surface area contributed by atoms with Gasteiger partial charge in [-0.15, -0.1) is 0 Å². The van der Waals surface area contributed by atoms with Crippen LogP contribution >= 0.6 is 11.6 Å². The van der Waals surface area contributed by atoms with Crippen molar-refractivity contribution in [3.8, 4) is 0 Å². The molecule has 2 aromatic carbocycles. The molecule has 130 valence electrons. The molecule has 0 fully saturated rings. The minimum absolute atomic E-state index is 0.142. The van der Waals surface area contributed by atoms with Gasteiger partial charge in [0.15, 0.2) is 0 Å². The first-order chi connectivity index (χ1) is 11.9. The predicted molar refractivity (Wildman–Crippen MR) is 96.4 cm³/mol. The van der Waals surface area contributed by atoms with Gasteiger partial charge < -0.3 is 16.0 Å². The highest BCUT2D eigenvalue weighted by atomic mass is 35.5. The molecule has 3 N–H and O–H groups in total. The van der Waals surface area contributed by atoms with Gasteiger partial charge in [0.2, 0.25) is 11.8 Å². The molecule has 0 radical (unpaired) electrons. The summed E-state index contributed by atoms with van der Waals surface area (Å²) in [6, 6.07) is 13.6. The third-order valence-corrected chi connectivity index (χ3v) is 3.47. The number of amides is 3. The minimum Gasteiger partial charge on any atom is -0.350 e. The molecule has 3 amide bonds. The van der Waals surface area contributed by atoms with E-state index in [1.165, 1.54) is 13.0 Å². The van der Waals surface area contributed by atoms with Crippen LogP contribution < -0.4 is 16.0 Å². The summed E-state index contributed by atoms with van der Waals surface area (Å²) in [5.74, 6) is -0.851. The van der Waals surface area contributed by atoms with E-state index >= 15 is 0 Å². The van der Waals surface area contributed by atoms with Gasteiger partial charge in [0.25, 0.3) is 5.91 Å². The molecule has 6 nitrogen and oxygen atoms in total. The van der Waals surface area contributed by atoms with Crippen LogP contribution in [0.15, 0.2) is 48.5 Å². The van der Waals surface area contributed by atoms with Crippen molar-refractivity contribution in [1.82, 2.24) is 10.6 Å². The van der Waals surface area contributed by atoms with Crippen molar-refractivity contribution >= 4 is 35.0 Å². The highest BCUT2D eigenvalue weighted by Crippen LogP contribution is 2.11. The molecule has 0 saturated carbocycles. The molecule has 0 aliphatic carbocycles. The molecule has 0 saturated heterocycles. The Hall–Kier alpha value is -2.86. The van der Waals surface area contributed by atoms with Crippen LogP contribution in [0.5, 0.6) is 0 Å². The summed E-state index contributed by atoms with van der Waals surface area (Å²) in [4.78, 5) is 34.8. The topological polar surface area (TPSA) is 87.3 Å². The molecule has 0 spiro atoms. The zero-order valence-corrected chi connectivity index (χ0v) is 14.4. The third kappa shape index (κ3) is 6.27. The van der Waals surface area contributed by atoms with E-state index in [1.807, 2.05) is 6.07 Å². The van der Waals surface area contributed by atoms with E-state index in [4.69, 9.17) is 11.6 Å². The van der Waals surface area contributed by atoms with Crippen molar-refractivity contribution in [3.63, 3.8) is 0 Å². The number of carbonyl (C=O) groups is 3. The van der Waals surface area contributed by atoms with E-state index in [2.05, 4.69) is 16.0 Å². The molecule has 0 heterocycles. The van der Waals surface area contributed by atoms with Crippen LogP contribution in [0.2, 0.25) is 5.02 Å².